The predicted octanol–water partition coefficient (Wildman–Crippen LogP) is 3.32. The second kappa shape index (κ2) is 6.95. The van der Waals surface area contributed by atoms with E-state index in [1.54, 1.807) is 17.0 Å². The lowest BCUT2D eigenvalue weighted by atomic mass is 9.86. The maximum Gasteiger partial charge on any atom is 0.247 e. The monoisotopic (exact) mass is 312 g/mol. The summed E-state index contributed by atoms with van der Waals surface area (Å²) in [6.07, 6.45) is 2.99. The Morgan fingerprint density at radius 1 is 1.09 bits per heavy atom. The molecule has 1 fully saturated rings. The number of rotatable bonds is 3. The molecule has 1 heterocycles. The van der Waals surface area contributed by atoms with Crippen LogP contribution in [-0.4, -0.2) is 29.7 Å². The zero-order valence-corrected chi connectivity index (χ0v) is 14.1. The van der Waals surface area contributed by atoms with Crippen molar-refractivity contribution in [2.75, 3.05) is 13.1 Å². The summed E-state index contributed by atoms with van der Waals surface area (Å²) < 4.78 is 0. The first-order valence-electron chi connectivity index (χ1n) is 8.18. The Hall–Kier alpha value is -2.15. The Morgan fingerprint density at radius 3 is 2.13 bits per heavy atom. The van der Waals surface area contributed by atoms with Crippen LogP contribution in [0.4, 0.5) is 0 Å². The van der Waals surface area contributed by atoms with E-state index in [1.165, 1.54) is 0 Å². The van der Waals surface area contributed by atoms with Crippen molar-refractivity contribution in [3.05, 3.63) is 35.4 Å². The molecule has 1 atom stereocenters. The highest BCUT2D eigenvalue weighted by atomic mass is 16.2. The molecule has 4 nitrogen and oxygen atoms in total. The fourth-order valence-electron chi connectivity index (χ4n) is 2.82. The van der Waals surface area contributed by atoms with Crippen molar-refractivity contribution >= 4 is 11.7 Å². The third-order valence-electron chi connectivity index (χ3n) is 4.34. The van der Waals surface area contributed by atoms with Gasteiger partial charge in [0.15, 0.2) is 11.7 Å². The second-order valence-corrected chi connectivity index (χ2v) is 7.14. The molecule has 1 aliphatic rings. The topological polar surface area (TPSA) is 61.2 Å². The first-order valence-corrected chi connectivity index (χ1v) is 8.18. The van der Waals surface area contributed by atoms with Gasteiger partial charge in [0.05, 0.1) is 6.07 Å². The van der Waals surface area contributed by atoms with Crippen LogP contribution in [-0.2, 0) is 10.2 Å². The van der Waals surface area contributed by atoms with Crippen molar-refractivity contribution in [1.29, 1.82) is 5.26 Å². The van der Waals surface area contributed by atoms with Crippen LogP contribution in [0.15, 0.2) is 24.3 Å². The van der Waals surface area contributed by atoms with Crippen molar-refractivity contribution in [2.45, 2.75) is 45.4 Å². The number of carbonyl (C=O) groups is 2. The summed E-state index contributed by atoms with van der Waals surface area (Å²) in [5, 5.41) is 9.32. The number of piperidine rings is 1. The lowest BCUT2D eigenvalue weighted by Gasteiger charge is -2.28. The number of Topliss-reactive ketones (excluding diaryl/α,β-unsaturated/α-hetero) is 1. The number of likely N-dealkylation sites (tertiary alicyclic amines) is 1. The molecular formula is C19H24N2O2. The number of amides is 1. The summed E-state index contributed by atoms with van der Waals surface area (Å²) >= 11 is 0. The third kappa shape index (κ3) is 3.98. The summed E-state index contributed by atoms with van der Waals surface area (Å²) in [6, 6.07) is 9.13. The molecule has 0 aliphatic carbocycles. The predicted molar refractivity (Wildman–Crippen MR) is 89.0 cm³/mol. The van der Waals surface area contributed by atoms with Gasteiger partial charge in [-0.25, -0.2) is 0 Å². The van der Waals surface area contributed by atoms with E-state index in [4.69, 9.17) is 0 Å². The van der Waals surface area contributed by atoms with Gasteiger partial charge in [-0.15, -0.1) is 0 Å². The lowest BCUT2D eigenvalue weighted by Crippen LogP contribution is -2.41. The molecule has 1 aromatic rings. The minimum atomic E-state index is -1.23. The molecule has 4 heteroatoms. The summed E-state index contributed by atoms with van der Waals surface area (Å²) in [5.41, 5.74) is 1.54. The fourth-order valence-corrected chi connectivity index (χ4v) is 2.82. The number of ketones is 1. The zero-order valence-electron chi connectivity index (χ0n) is 14.1. The van der Waals surface area contributed by atoms with Gasteiger partial charge in [0.2, 0.25) is 5.91 Å². The molecule has 1 amide bonds. The van der Waals surface area contributed by atoms with Crippen LogP contribution < -0.4 is 0 Å². The molecule has 1 aromatic carbocycles. The molecule has 1 saturated heterocycles. The maximum absolute atomic E-state index is 12.6. The first-order chi connectivity index (χ1) is 10.8. The standard InChI is InChI=1S/C19H24N2O2/c1-19(2,3)15-9-7-14(8-10-15)17(22)16(13-20)18(23)21-11-5-4-6-12-21/h7-10,16H,4-6,11-12H2,1-3H3. The molecule has 1 unspecified atom stereocenters. The van der Waals surface area contributed by atoms with Crippen LogP contribution in [0.25, 0.3) is 0 Å². The van der Waals surface area contributed by atoms with Gasteiger partial charge < -0.3 is 4.90 Å². The van der Waals surface area contributed by atoms with E-state index in [1.807, 2.05) is 18.2 Å². The van der Waals surface area contributed by atoms with Gasteiger partial charge in [0.25, 0.3) is 0 Å². The molecule has 23 heavy (non-hydrogen) atoms. The Kier molecular flexibility index (Phi) is 5.20. The Balaban J connectivity index is 2.16. The molecule has 0 saturated carbocycles. The minimum Gasteiger partial charge on any atom is -0.341 e. The highest BCUT2D eigenvalue weighted by molar-refractivity contribution is 6.12. The van der Waals surface area contributed by atoms with Crippen LogP contribution in [0.1, 0.15) is 56.0 Å². The average Bonchev–Trinajstić information content (AvgIpc) is 2.55. The Morgan fingerprint density at radius 2 is 1.65 bits per heavy atom. The van der Waals surface area contributed by atoms with Crippen LogP contribution in [0.2, 0.25) is 0 Å². The van der Waals surface area contributed by atoms with E-state index in [0.717, 1.165) is 24.8 Å². The number of carbonyl (C=O) groups excluding carboxylic acids is 2. The molecule has 0 aromatic heterocycles. The quantitative estimate of drug-likeness (QED) is 0.635. The summed E-state index contributed by atoms with van der Waals surface area (Å²) in [7, 11) is 0. The number of nitriles is 1. The normalized spacial score (nSPS) is 16.5. The van der Waals surface area contributed by atoms with E-state index >= 15 is 0 Å². The van der Waals surface area contributed by atoms with Gasteiger partial charge >= 0.3 is 0 Å². The smallest absolute Gasteiger partial charge is 0.247 e. The zero-order chi connectivity index (χ0) is 17.0. The van der Waals surface area contributed by atoms with E-state index < -0.39 is 11.7 Å². The second-order valence-electron chi connectivity index (χ2n) is 7.14. The molecule has 2 rings (SSSR count). The first kappa shape index (κ1) is 17.2. The number of nitrogens with zero attached hydrogens (tertiary/aromatic N) is 2. The van der Waals surface area contributed by atoms with Crippen LogP contribution in [0.3, 0.4) is 0 Å². The van der Waals surface area contributed by atoms with Gasteiger partial charge in [0, 0.05) is 18.7 Å². The Labute approximate surface area is 138 Å². The number of hydrogen-bond donors (Lipinski definition) is 0. The highest BCUT2D eigenvalue weighted by Gasteiger charge is 2.32. The fraction of sp³-hybridized carbons (Fsp3) is 0.526. The van der Waals surface area contributed by atoms with Crippen LogP contribution in [0, 0.1) is 17.2 Å². The SMILES string of the molecule is CC(C)(C)c1ccc(C(=O)C(C#N)C(=O)N2CCCCC2)cc1. The van der Waals surface area contributed by atoms with Crippen molar-refractivity contribution < 1.29 is 9.59 Å². The van der Waals surface area contributed by atoms with Crippen LogP contribution >= 0.6 is 0 Å². The highest BCUT2D eigenvalue weighted by Crippen LogP contribution is 2.23. The Bertz CT molecular complexity index is 614. The minimum absolute atomic E-state index is 0.000171. The molecule has 0 N–H and O–H groups in total. The third-order valence-corrected chi connectivity index (χ3v) is 4.34. The van der Waals surface area contributed by atoms with Gasteiger partial charge in [-0.2, -0.15) is 5.26 Å². The molecule has 122 valence electrons. The van der Waals surface area contributed by atoms with E-state index in [-0.39, 0.29) is 11.3 Å². The largest absolute Gasteiger partial charge is 0.341 e. The van der Waals surface area contributed by atoms with Crippen LogP contribution in [0.5, 0.6) is 0 Å². The van der Waals surface area contributed by atoms with Crippen molar-refractivity contribution in [1.82, 2.24) is 4.90 Å². The maximum atomic E-state index is 12.6. The molecular weight excluding hydrogens is 288 g/mol. The number of benzene rings is 1. The molecule has 0 radical (unpaired) electrons. The summed E-state index contributed by atoms with van der Waals surface area (Å²) in [6.45, 7) is 7.59. The average molecular weight is 312 g/mol. The summed E-state index contributed by atoms with van der Waals surface area (Å²) in [5.74, 6) is -1.98. The number of hydrogen-bond acceptors (Lipinski definition) is 3. The van der Waals surface area contributed by atoms with E-state index in [0.29, 0.717) is 18.7 Å². The summed E-state index contributed by atoms with van der Waals surface area (Å²) in [4.78, 5) is 26.7. The molecule has 1 aliphatic heterocycles. The molecule has 0 spiro atoms. The van der Waals surface area contributed by atoms with Gasteiger partial charge in [-0.1, -0.05) is 45.0 Å². The van der Waals surface area contributed by atoms with Crippen molar-refractivity contribution in [3.63, 3.8) is 0 Å². The van der Waals surface area contributed by atoms with E-state index in [2.05, 4.69) is 20.8 Å². The van der Waals surface area contributed by atoms with Gasteiger partial charge in [-0.3, -0.25) is 9.59 Å². The van der Waals surface area contributed by atoms with E-state index in [9.17, 15) is 14.9 Å². The van der Waals surface area contributed by atoms with Crippen molar-refractivity contribution in [2.24, 2.45) is 5.92 Å². The lowest BCUT2D eigenvalue weighted by molar-refractivity contribution is -0.133. The van der Waals surface area contributed by atoms with Gasteiger partial charge in [-0.05, 0) is 30.2 Å². The molecule has 0 bridgehead atoms. The van der Waals surface area contributed by atoms with Crippen molar-refractivity contribution in [3.8, 4) is 6.07 Å². The van der Waals surface area contributed by atoms with Gasteiger partial charge in [0.1, 0.15) is 0 Å².